The van der Waals surface area contributed by atoms with Crippen molar-refractivity contribution in [2.75, 3.05) is 20.1 Å². The summed E-state index contributed by atoms with van der Waals surface area (Å²) in [6.07, 6.45) is 9.11. The van der Waals surface area contributed by atoms with Gasteiger partial charge in [0.15, 0.2) is 11.6 Å². The smallest absolute Gasteiger partial charge is 0.181 e. The molecule has 26 heavy (non-hydrogen) atoms. The molecular formula is C19H23N7. The summed E-state index contributed by atoms with van der Waals surface area (Å²) < 4.78 is 2.14. The van der Waals surface area contributed by atoms with Crippen molar-refractivity contribution in [3.05, 3.63) is 35.8 Å². The molecule has 5 rings (SSSR count). The summed E-state index contributed by atoms with van der Waals surface area (Å²) >= 11 is 0. The van der Waals surface area contributed by atoms with Crippen LogP contribution in [0.25, 0.3) is 22.9 Å². The molecule has 0 atom stereocenters. The van der Waals surface area contributed by atoms with Gasteiger partial charge in [0, 0.05) is 29.2 Å². The summed E-state index contributed by atoms with van der Waals surface area (Å²) in [6.45, 7) is 2.18. The number of aryl methyl sites for hydroxylation is 1. The molecule has 0 radical (unpaired) electrons. The molecule has 4 heterocycles. The molecule has 0 spiro atoms. The van der Waals surface area contributed by atoms with Crippen molar-refractivity contribution in [3.63, 3.8) is 0 Å². The summed E-state index contributed by atoms with van der Waals surface area (Å²) in [5.74, 6) is 1.67. The average molecular weight is 349 g/mol. The first-order valence-corrected chi connectivity index (χ1v) is 9.41. The van der Waals surface area contributed by atoms with Gasteiger partial charge in [-0.1, -0.05) is 0 Å². The third-order valence-corrected chi connectivity index (χ3v) is 5.62. The molecule has 0 amide bonds. The van der Waals surface area contributed by atoms with Crippen LogP contribution >= 0.6 is 0 Å². The van der Waals surface area contributed by atoms with Crippen molar-refractivity contribution in [1.29, 1.82) is 0 Å². The number of pyridine rings is 1. The molecule has 0 saturated carbocycles. The van der Waals surface area contributed by atoms with Crippen molar-refractivity contribution in [2.45, 2.75) is 38.1 Å². The van der Waals surface area contributed by atoms with E-state index in [0.29, 0.717) is 6.04 Å². The van der Waals surface area contributed by atoms with Gasteiger partial charge in [-0.25, -0.2) is 9.67 Å². The molecule has 1 aliphatic heterocycles. The number of fused-ring (bicyclic) bond motifs is 1. The van der Waals surface area contributed by atoms with Crippen LogP contribution in [0.2, 0.25) is 0 Å². The van der Waals surface area contributed by atoms with Crippen molar-refractivity contribution in [1.82, 2.24) is 34.8 Å². The molecule has 0 aromatic carbocycles. The molecule has 7 nitrogen and oxygen atoms in total. The van der Waals surface area contributed by atoms with E-state index >= 15 is 0 Å². The van der Waals surface area contributed by atoms with Crippen LogP contribution in [0.15, 0.2) is 24.5 Å². The second-order valence-electron chi connectivity index (χ2n) is 7.36. The van der Waals surface area contributed by atoms with Gasteiger partial charge in [-0.2, -0.15) is 10.2 Å². The van der Waals surface area contributed by atoms with E-state index in [2.05, 4.69) is 31.8 Å². The average Bonchev–Trinajstić information content (AvgIpc) is 3.38. The van der Waals surface area contributed by atoms with Crippen LogP contribution in [0.3, 0.4) is 0 Å². The van der Waals surface area contributed by atoms with Crippen LogP contribution in [0, 0.1) is 0 Å². The Hall–Kier alpha value is -2.54. The van der Waals surface area contributed by atoms with Crippen LogP contribution in [0.5, 0.6) is 0 Å². The predicted octanol–water partition coefficient (Wildman–Crippen LogP) is 2.49. The van der Waals surface area contributed by atoms with Gasteiger partial charge in [0.05, 0.1) is 6.04 Å². The molecule has 3 aromatic heterocycles. The number of H-pyrrole nitrogens is 1. The lowest BCUT2D eigenvalue weighted by atomic mass is 10.1. The van der Waals surface area contributed by atoms with E-state index in [1.54, 1.807) is 12.4 Å². The number of piperidine rings is 1. The zero-order valence-electron chi connectivity index (χ0n) is 15.0. The molecular weight excluding hydrogens is 326 g/mol. The fourth-order valence-electron chi connectivity index (χ4n) is 4.11. The highest BCUT2D eigenvalue weighted by Gasteiger charge is 2.28. The van der Waals surface area contributed by atoms with Gasteiger partial charge in [-0.3, -0.25) is 10.1 Å². The van der Waals surface area contributed by atoms with E-state index in [-0.39, 0.29) is 0 Å². The number of hydrogen-bond donors (Lipinski definition) is 1. The Morgan fingerprint density at radius 3 is 2.73 bits per heavy atom. The van der Waals surface area contributed by atoms with E-state index in [4.69, 9.17) is 10.1 Å². The molecule has 7 heteroatoms. The van der Waals surface area contributed by atoms with Crippen LogP contribution in [0.1, 0.15) is 36.6 Å². The Balaban J connectivity index is 1.61. The van der Waals surface area contributed by atoms with Crippen molar-refractivity contribution in [3.8, 4) is 22.9 Å². The Labute approximate surface area is 152 Å². The highest BCUT2D eigenvalue weighted by atomic mass is 15.4. The zero-order chi connectivity index (χ0) is 17.5. The van der Waals surface area contributed by atoms with Crippen molar-refractivity contribution >= 4 is 0 Å². The second kappa shape index (κ2) is 6.32. The SMILES string of the molecule is CN1CCC(n2nc(-c3ccncc3)nc2-c2n[nH]c3c2CCC3)CC1. The number of likely N-dealkylation sites (tertiary alicyclic amines) is 1. The predicted molar refractivity (Wildman–Crippen MR) is 98.6 cm³/mol. The molecule has 1 fully saturated rings. The zero-order valence-corrected chi connectivity index (χ0v) is 15.0. The minimum Gasteiger partial charge on any atom is -0.306 e. The first-order chi connectivity index (χ1) is 12.8. The minimum absolute atomic E-state index is 0.373. The van der Waals surface area contributed by atoms with Gasteiger partial charge in [-0.05, 0) is 64.4 Å². The lowest BCUT2D eigenvalue weighted by Gasteiger charge is -2.29. The summed E-state index contributed by atoms with van der Waals surface area (Å²) in [4.78, 5) is 11.4. The van der Waals surface area contributed by atoms with Gasteiger partial charge in [-0.15, -0.1) is 0 Å². The Bertz CT molecular complexity index is 903. The Morgan fingerprint density at radius 1 is 1.12 bits per heavy atom. The largest absolute Gasteiger partial charge is 0.306 e. The molecule has 2 aliphatic rings. The quantitative estimate of drug-likeness (QED) is 0.786. The fourth-order valence-corrected chi connectivity index (χ4v) is 4.11. The van der Waals surface area contributed by atoms with Gasteiger partial charge in [0.1, 0.15) is 5.69 Å². The van der Waals surface area contributed by atoms with Crippen LogP contribution < -0.4 is 0 Å². The fraction of sp³-hybridized carbons (Fsp3) is 0.474. The van der Waals surface area contributed by atoms with Crippen LogP contribution in [-0.4, -0.2) is 55.0 Å². The second-order valence-corrected chi connectivity index (χ2v) is 7.36. The minimum atomic E-state index is 0.373. The molecule has 1 aliphatic carbocycles. The van der Waals surface area contributed by atoms with E-state index < -0.39 is 0 Å². The van der Waals surface area contributed by atoms with Crippen LogP contribution in [-0.2, 0) is 12.8 Å². The maximum atomic E-state index is 4.92. The number of rotatable bonds is 3. The maximum absolute atomic E-state index is 4.92. The van der Waals surface area contributed by atoms with Gasteiger partial charge in [0.2, 0.25) is 0 Å². The van der Waals surface area contributed by atoms with Gasteiger partial charge < -0.3 is 4.90 Å². The highest BCUT2D eigenvalue weighted by Crippen LogP contribution is 2.33. The van der Waals surface area contributed by atoms with Gasteiger partial charge >= 0.3 is 0 Å². The molecule has 1 saturated heterocycles. The van der Waals surface area contributed by atoms with E-state index in [1.807, 2.05) is 12.1 Å². The summed E-state index contributed by atoms with van der Waals surface area (Å²) in [5.41, 5.74) is 4.58. The number of aromatic nitrogens is 6. The lowest BCUT2D eigenvalue weighted by Crippen LogP contribution is -2.32. The van der Waals surface area contributed by atoms with Gasteiger partial charge in [0.25, 0.3) is 0 Å². The maximum Gasteiger partial charge on any atom is 0.181 e. The van der Waals surface area contributed by atoms with Crippen molar-refractivity contribution in [2.24, 2.45) is 0 Å². The summed E-state index contributed by atoms with van der Waals surface area (Å²) in [6, 6.07) is 4.30. The Kier molecular flexibility index (Phi) is 3.81. The van der Waals surface area contributed by atoms with E-state index in [0.717, 1.165) is 61.7 Å². The first-order valence-electron chi connectivity index (χ1n) is 9.41. The molecule has 134 valence electrons. The third-order valence-electron chi connectivity index (χ3n) is 5.62. The summed E-state index contributed by atoms with van der Waals surface area (Å²) in [5, 5.41) is 12.8. The van der Waals surface area contributed by atoms with Crippen molar-refractivity contribution < 1.29 is 0 Å². The number of hydrogen-bond acceptors (Lipinski definition) is 5. The normalized spacial score (nSPS) is 18.3. The van der Waals surface area contributed by atoms with E-state index in [9.17, 15) is 0 Å². The lowest BCUT2D eigenvalue weighted by molar-refractivity contribution is 0.213. The van der Waals surface area contributed by atoms with E-state index in [1.165, 1.54) is 17.7 Å². The standard InChI is InChI=1S/C19H23N7/c1-25-11-7-14(8-12-25)26-19(17-15-3-2-4-16(15)22-23-17)21-18(24-26)13-5-9-20-10-6-13/h5-6,9-10,14H,2-4,7-8,11-12H2,1H3,(H,22,23). The molecule has 0 unspecified atom stereocenters. The van der Waals surface area contributed by atoms with Crippen LogP contribution in [0.4, 0.5) is 0 Å². The molecule has 0 bridgehead atoms. The molecule has 3 aromatic rings. The number of aromatic amines is 1. The monoisotopic (exact) mass is 349 g/mol. The highest BCUT2D eigenvalue weighted by molar-refractivity contribution is 5.62. The first kappa shape index (κ1) is 15.7. The third kappa shape index (κ3) is 2.63. The number of nitrogens with zero attached hydrogens (tertiary/aromatic N) is 6. The molecule has 1 N–H and O–H groups in total. The number of nitrogens with one attached hydrogen (secondary N) is 1. The summed E-state index contributed by atoms with van der Waals surface area (Å²) in [7, 11) is 2.18. The topological polar surface area (TPSA) is 75.5 Å². The Morgan fingerprint density at radius 2 is 1.92 bits per heavy atom.